The molecule has 2 aromatic rings. The molecule has 90 valence electrons. The van der Waals surface area contributed by atoms with Gasteiger partial charge in [0.2, 0.25) is 5.95 Å². The van der Waals surface area contributed by atoms with E-state index >= 15 is 0 Å². The van der Waals surface area contributed by atoms with E-state index in [2.05, 4.69) is 15.4 Å². The summed E-state index contributed by atoms with van der Waals surface area (Å²) in [6.45, 7) is 0.641. The number of anilines is 1. The predicted octanol–water partition coefficient (Wildman–Crippen LogP) is 1.41. The van der Waals surface area contributed by atoms with Gasteiger partial charge in [-0.15, -0.1) is 5.10 Å². The van der Waals surface area contributed by atoms with Gasteiger partial charge in [-0.25, -0.2) is 4.52 Å². The van der Waals surface area contributed by atoms with Crippen molar-refractivity contribution in [1.29, 1.82) is 0 Å². The van der Waals surface area contributed by atoms with Crippen LogP contribution in [0.3, 0.4) is 0 Å². The molecule has 2 aromatic heterocycles. The van der Waals surface area contributed by atoms with Crippen molar-refractivity contribution >= 4 is 11.6 Å². The van der Waals surface area contributed by atoms with Gasteiger partial charge in [0.15, 0.2) is 5.65 Å². The molecule has 2 heterocycles. The zero-order valence-corrected chi connectivity index (χ0v) is 9.76. The van der Waals surface area contributed by atoms with E-state index in [1.54, 1.807) is 4.52 Å². The third-order valence-corrected chi connectivity index (χ3v) is 3.57. The Bertz CT molecular complexity index is 479. The zero-order chi connectivity index (χ0) is 11.7. The fraction of sp³-hybridized carbons (Fsp3) is 0.500. The minimum absolute atomic E-state index is 0.00490. The second-order valence-corrected chi connectivity index (χ2v) is 4.76. The third-order valence-electron chi connectivity index (χ3n) is 3.57. The van der Waals surface area contributed by atoms with Crippen molar-refractivity contribution in [3.05, 3.63) is 24.4 Å². The molecule has 0 spiro atoms. The molecule has 3 rings (SSSR count). The second kappa shape index (κ2) is 4.00. The fourth-order valence-corrected chi connectivity index (χ4v) is 2.55. The van der Waals surface area contributed by atoms with Gasteiger partial charge in [0.1, 0.15) is 0 Å². The van der Waals surface area contributed by atoms with Crippen LogP contribution in [-0.4, -0.2) is 26.7 Å². The van der Waals surface area contributed by atoms with Crippen LogP contribution in [0.15, 0.2) is 24.4 Å². The first kappa shape index (κ1) is 10.5. The molecule has 5 heteroatoms. The molecule has 17 heavy (non-hydrogen) atoms. The maximum Gasteiger partial charge on any atom is 0.243 e. The highest BCUT2D eigenvalue weighted by Gasteiger charge is 2.33. The maximum atomic E-state index is 5.89. The maximum absolute atomic E-state index is 5.89. The Kier molecular flexibility index (Phi) is 2.48. The number of nitrogens with zero attached hydrogens (tertiary/aromatic N) is 3. The van der Waals surface area contributed by atoms with E-state index in [0.717, 1.165) is 18.5 Å². The van der Waals surface area contributed by atoms with Crippen LogP contribution < -0.4 is 11.1 Å². The molecule has 5 nitrogen and oxygen atoms in total. The van der Waals surface area contributed by atoms with Crippen molar-refractivity contribution in [3.8, 4) is 0 Å². The summed E-state index contributed by atoms with van der Waals surface area (Å²) >= 11 is 0. The molecule has 0 bridgehead atoms. The molecule has 1 aliphatic carbocycles. The van der Waals surface area contributed by atoms with Crippen molar-refractivity contribution < 1.29 is 0 Å². The lowest BCUT2D eigenvalue weighted by molar-refractivity contribution is 0.489. The Morgan fingerprint density at radius 3 is 2.88 bits per heavy atom. The van der Waals surface area contributed by atoms with Gasteiger partial charge in [0.05, 0.1) is 5.54 Å². The normalized spacial score (nSPS) is 18.6. The fourth-order valence-electron chi connectivity index (χ4n) is 2.55. The van der Waals surface area contributed by atoms with E-state index in [0.29, 0.717) is 12.5 Å². The number of pyridine rings is 1. The van der Waals surface area contributed by atoms with Gasteiger partial charge < -0.3 is 11.1 Å². The molecule has 3 N–H and O–H groups in total. The summed E-state index contributed by atoms with van der Waals surface area (Å²) in [5.41, 5.74) is 6.75. The van der Waals surface area contributed by atoms with Crippen molar-refractivity contribution in [2.24, 2.45) is 5.73 Å². The van der Waals surface area contributed by atoms with Crippen LogP contribution in [0.5, 0.6) is 0 Å². The molecular weight excluding hydrogens is 214 g/mol. The molecule has 0 aliphatic heterocycles. The third kappa shape index (κ3) is 1.86. The highest BCUT2D eigenvalue weighted by Crippen LogP contribution is 2.31. The Morgan fingerprint density at radius 2 is 2.18 bits per heavy atom. The molecule has 0 amide bonds. The molecule has 1 aliphatic rings. The van der Waals surface area contributed by atoms with Gasteiger partial charge >= 0.3 is 0 Å². The van der Waals surface area contributed by atoms with Gasteiger partial charge in [0, 0.05) is 12.7 Å². The summed E-state index contributed by atoms with van der Waals surface area (Å²) < 4.78 is 1.78. The highest BCUT2D eigenvalue weighted by atomic mass is 15.4. The van der Waals surface area contributed by atoms with Crippen molar-refractivity contribution in [1.82, 2.24) is 14.6 Å². The van der Waals surface area contributed by atoms with Gasteiger partial charge in [-0.3, -0.25) is 0 Å². The molecule has 0 atom stereocenters. The summed E-state index contributed by atoms with van der Waals surface area (Å²) in [5, 5.41) is 7.83. The quantitative estimate of drug-likeness (QED) is 0.838. The van der Waals surface area contributed by atoms with E-state index in [1.165, 1.54) is 12.8 Å². The lowest BCUT2D eigenvalue weighted by atomic mass is 9.98. The monoisotopic (exact) mass is 231 g/mol. The predicted molar refractivity (Wildman–Crippen MR) is 66.9 cm³/mol. The van der Waals surface area contributed by atoms with Crippen LogP contribution in [0.2, 0.25) is 0 Å². The van der Waals surface area contributed by atoms with Crippen LogP contribution in [0.4, 0.5) is 5.95 Å². The van der Waals surface area contributed by atoms with E-state index in [9.17, 15) is 0 Å². The first-order valence-corrected chi connectivity index (χ1v) is 6.11. The summed E-state index contributed by atoms with van der Waals surface area (Å²) in [6, 6.07) is 5.85. The minimum atomic E-state index is 0.00490. The second-order valence-electron chi connectivity index (χ2n) is 4.76. The molecule has 0 radical (unpaired) electrons. The number of nitrogens with one attached hydrogen (secondary N) is 1. The van der Waals surface area contributed by atoms with Gasteiger partial charge in [-0.1, -0.05) is 18.9 Å². The van der Waals surface area contributed by atoms with Crippen LogP contribution in [-0.2, 0) is 0 Å². The number of fused-ring (bicyclic) bond motifs is 1. The molecule has 1 fully saturated rings. The number of rotatable bonds is 3. The van der Waals surface area contributed by atoms with Gasteiger partial charge in [0.25, 0.3) is 0 Å². The van der Waals surface area contributed by atoms with E-state index in [1.807, 2.05) is 24.4 Å². The summed E-state index contributed by atoms with van der Waals surface area (Å²) in [4.78, 5) is 4.45. The SMILES string of the molecule is NCC1(Nc2nc3ccccn3n2)CCCC1. The summed E-state index contributed by atoms with van der Waals surface area (Å²) in [7, 11) is 0. The van der Waals surface area contributed by atoms with Crippen LogP contribution in [0.1, 0.15) is 25.7 Å². The molecule has 0 unspecified atom stereocenters. The Balaban J connectivity index is 1.89. The van der Waals surface area contributed by atoms with Crippen molar-refractivity contribution in [2.75, 3.05) is 11.9 Å². The van der Waals surface area contributed by atoms with Crippen molar-refractivity contribution in [2.45, 2.75) is 31.2 Å². The number of hydrogen-bond donors (Lipinski definition) is 2. The number of nitrogens with two attached hydrogens (primary N) is 1. The Morgan fingerprint density at radius 1 is 1.35 bits per heavy atom. The molecule has 1 saturated carbocycles. The lowest BCUT2D eigenvalue weighted by Gasteiger charge is -2.27. The van der Waals surface area contributed by atoms with E-state index in [-0.39, 0.29) is 5.54 Å². The van der Waals surface area contributed by atoms with E-state index in [4.69, 9.17) is 5.73 Å². The van der Waals surface area contributed by atoms with Gasteiger partial charge in [-0.05, 0) is 25.0 Å². The smallest absolute Gasteiger partial charge is 0.243 e. The summed E-state index contributed by atoms with van der Waals surface area (Å²) in [5.74, 6) is 0.684. The first-order chi connectivity index (χ1) is 8.31. The molecule has 0 aromatic carbocycles. The average Bonchev–Trinajstić information content (AvgIpc) is 2.95. The number of hydrogen-bond acceptors (Lipinski definition) is 4. The minimum Gasteiger partial charge on any atom is -0.346 e. The topological polar surface area (TPSA) is 68.2 Å². The standard InChI is InChI=1S/C12H17N5/c13-9-12(6-2-3-7-12)15-11-14-10-5-1-4-8-17(10)16-11/h1,4-5,8H,2-3,6-7,9,13H2,(H,15,16). The van der Waals surface area contributed by atoms with Gasteiger partial charge in [-0.2, -0.15) is 4.98 Å². The number of aromatic nitrogens is 3. The highest BCUT2D eigenvalue weighted by molar-refractivity contribution is 5.44. The zero-order valence-electron chi connectivity index (χ0n) is 9.76. The van der Waals surface area contributed by atoms with Crippen LogP contribution in [0, 0.1) is 0 Å². The Labute approximate surface area is 100 Å². The van der Waals surface area contributed by atoms with E-state index < -0.39 is 0 Å². The lowest BCUT2D eigenvalue weighted by Crippen LogP contribution is -2.43. The van der Waals surface area contributed by atoms with Crippen molar-refractivity contribution in [3.63, 3.8) is 0 Å². The summed E-state index contributed by atoms with van der Waals surface area (Å²) in [6.07, 6.45) is 6.59. The largest absolute Gasteiger partial charge is 0.346 e. The first-order valence-electron chi connectivity index (χ1n) is 6.11. The average molecular weight is 231 g/mol. The molecule has 0 saturated heterocycles. The van der Waals surface area contributed by atoms with Crippen LogP contribution >= 0.6 is 0 Å². The Hall–Kier alpha value is -1.62. The van der Waals surface area contributed by atoms with Crippen LogP contribution in [0.25, 0.3) is 5.65 Å². The molecular formula is C12H17N5.